The third-order valence-corrected chi connectivity index (χ3v) is 4.01. The van der Waals surface area contributed by atoms with Gasteiger partial charge in [-0.15, -0.1) is 0 Å². The van der Waals surface area contributed by atoms with Crippen LogP contribution >= 0.6 is 0 Å². The van der Waals surface area contributed by atoms with E-state index < -0.39 is 0 Å². The van der Waals surface area contributed by atoms with Crippen molar-refractivity contribution in [3.63, 3.8) is 0 Å². The molecule has 1 unspecified atom stereocenters. The molecule has 3 heteroatoms. The fraction of sp³-hybridized carbons (Fsp3) is 1.00. The van der Waals surface area contributed by atoms with Crippen LogP contribution in [0.3, 0.4) is 0 Å². The van der Waals surface area contributed by atoms with Gasteiger partial charge in [0.1, 0.15) is 0 Å². The van der Waals surface area contributed by atoms with Crippen molar-refractivity contribution >= 4 is 0 Å². The average Bonchev–Trinajstić information content (AvgIpc) is 2.39. The average molecular weight is 286 g/mol. The number of hydrogen-bond donors (Lipinski definition) is 0. The van der Waals surface area contributed by atoms with Gasteiger partial charge in [0.15, 0.2) is 6.29 Å². The van der Waals surface area contributed by atoms with Crippen molar-refractivity contribution in [2.75, 3.05) is 7.11 Å². The Labute approximate surface area is 125 Å². The van der Waals surface area contributed by atoms with E-state index in [4.69, 9.17) is 14.2 Å². The Morgan fingerprint density at radius 3 is 1.85 bits per heavy atom. The van der Waals surface area contributed by atoms with E-state index in [1.165, 1.54) is 32.1 Å². The van der Waals surface area contributed by atoms with Gasteiger partial charge < -0.3 is 14.2 Å². The molecular weight excluding hydrogens is 252 g/mol. The van der Waals surface area contributed by atoms with E-state index in [0.717, 1.165) is 18.8 Å². The third-order valence-electron chi connectivity index (χ3n) is 4.01. The minimum Gasteiger partial charge on any atom is -0.381 e. The van der Waals surface area contributed by atoms with Crippen LogP contribution in [-0.2, 0) is 14.2 Å². The van der Waals surface area contributed by atoms with Crippen LogP contribution < -0.4 is 0 Å². The highest BCUT2D eigenvalue weighted by atomic mass is 16.7. The zero-order chi connectivity index (χ0) is 15.0. The van der Waals surface area contributed by atoms with Crippen LogP contribution in [0.2, 0.25) is 0 Å². The molecule has 0 aromatic carbocycles. The first-order valence-electron chi connectivity index (χ1n) is 8.36. The Bertz CT molecular complexity index is 224. The maximum Gasteiger partial charge on any atom is 0.158 e. The van der Waals surface area contributed by atoms with Gasteiger partial charge in [0.2, 0.25) is 0 Å². The fourth-order valence-electron chi connectivity index (χ4n) is 3.13. The highest BCUT2D eigenvalue weighted by Gasteiger charge is 2.25. The lowest BCUT2D eigenvalue weighted by Crippen LogP contribution is -2.29. The van der Waals surface area contributed by atoms with Crippen LogP contribution in [0.1, 0.15) is 72.6 Å². The lowest BCUT2D eigenvalue weighted by Gasteiger charge is -2.31. The number of ether oxygens (including phenoxy) is 3. The molecule has 0 spiro atoms. The molecule has 20 heavy (non-hydrogen) atoms. The van der Waals surface area contributed by atoms with Crippen LogP contribution in [0, 0.1) is 5.92 Å². The van der Waals surface area contributed by atoms with Gasteiger partial charge in [-0.3, -0.25) is 0 Å². The summed E-state index contributed by atoms with van der Waals surface area (Å²) in [6.07, 6.45) is 9.37. The fourth-order valence-corrected chi connectivity index (χ4v) is 3.13. The zero-order valence-electron chi connectivity index (χ0n) is 14.1. The van der Waals surface area contributed by atoms with Crippen LogP contribution in [-0.4, -0.2) is 31.7 Å². The van der Waals surface area contributed by atoms with E-state index in [2.05, 4.69) is 27.7 Å². The summed E-state index contributed by atoms with van der Waals surface area (Å²) < 4.78 is 17.5. The molecule has 0 aromatic heterocycles. The predicted molar refractivity (Wildman–Crippen MR) is 82.8 cm³/mol. The number of methoxy groups -OCH3 is 1. The first kappa shape index (κ1) is 17.9. The second-order valence-corrected chi connectivity index (χ2v) is 6.55. The van der Waals surface area contributed by atoms with E-state index in [-0.39, 0.29) is 18.5 Å². The van der Waals surface area contributed by atoms with Crippen LogP contribution in [0.25, 0.3) is 0 Å². The van der Waals surface area contributed by atoms with Crippen molar-refractivity contribution in [3.8, 4) is 0 Å². The summed E-state index contributed by atoms with van der Waals surface area (Å²) in [6.45, 7) is 8.24. The summed E-state index contributed by atoms with van der Waals surface area (Å²) >= 11 is 0. The monoisotopic (exact) mass is 286 g/mol. The highest BCUT2D eigenvalue weighted by Crippen LogP contribution is 2.30. The standard InChI is InChI=1S/C17H34O3/c1-13(2)19-17(20-14(3)4)12-11-16(18-5)15-9-7-6-8-10-15/h13-17H,6-12H2,1-5H3. The van der Waals surface area contributed by atoms with Crippen molar-refractivity contribution in [2.45, 2.75) is 97.2 Å². The Morgan fingerprint density at radius 1 is 0.850 bits per heavy atom. The largest absolute Gasteiger partial charge is 0.381 e. The molecule has 1 saturated carbocycles. The Hall–Kier alpha value is -0.120. The molecule has 1 atom stereocenters. The summed E-state index contributed by atoms with van der Waals surface area (Å²) in [6, 6.07) is 0. The van der Waals surface area contributed by atoms with E-state index >= 15 is 0 Å². The molecule has 0 heterocycles. The third kappa shape index (κ3) is 7.05. The molecule has 0 aromatic rings. The van der Waals surface area contributed by atoms with Crippen LogP contribution in [0.15, 0.2) is 0 Å². The van der Waals surface area contributed by atoms with Crippen molar-refractivity contribution in [2.24, 2.45) is 5.92 Å². The number of hydrogen-bond acceptors (Lipinski definition) is 3. The molecule has 0 N–H and O–H groups in total. The topological polar surface area (TPSA) is 27.7 Å². The second-order valence-electron chi connectivity index (χ2n) is 6.55. The molecule has 1 aliphatic rings. The quantitative estimate of drug-likeness (QED) is 0.582. The Kier molecular flexibility index (Phi) is 8.74. The first-order valence-corrected chi connectivity index (χ1v) is 8.36. The molecule has 3 nitrogen and oxygen atoms in total. The van der Waals surface area contributed by atoms with Crippen LogP contribution in [0.4, 0.5) is 0 Å². The minimum absolute atomic E-state index is 0.101. The van der Waals surface area contributed by atoms with E-state index in [1.807, 2.05) is 7.11 Å². The summed E-state index contributed by atoms with van der Waals surface area (Å²) in [5.74, 6) is 0.729. The summed E-state index contributed by atoms with van der Waals surface area (Å²) in [5, 5.41) is 0. The van der Waals surface area contributed by atoms with Gasteiger partial charge in [-0.05, 0) is 52.9 Å². The summed E-state index contributed by atoms with van der Waals surface area (Å²) in [7, 11) is 1.85. The normalized spacial score (nSPS) is 19.2. The maximum absolute atomic E-state index is 5.87. The molecule has 0 radical (unpaired) electrons. The molecule has 1 fully saturated rings. The second kappa shape index (κ2) is 9.75. The molecule has 1 rings (SSSR count). The van der Waals surface area contributed by atoms with Gasteiger partial charge in [0, 0.05) is 13.5 Å². The van der Waals surface area contributed by atoms with Gasteiger partial charge in [-0.2, -0.15) is 0 Å². The van der Waals surface area contributed by atoms with E-state index in [1.54, 1.807) is 0 Å². The van der Waals surface area contributed by atoms with Crippen molar-refractivity contribution in [3.05, 3.63) is 0 Å². The van der Waals surface area contributed by atoms with Crippen molar-refractivity contribution in [1.29, 1.82) is 0 Å². The zero-order valence-corrected chi connectivity index (χ0v) is 14.1. The molecule has 0 bridgehead atoms. The Morgan fingerprint density at radius 2 is 1.40 bits per heavy atom. The number of rotatable bonds is 9. The minimum atomic E-state index is -0.101. The maximum atomic E-state index is 5.87. The van der Waals surface area contributed by atoms with Crippen molar-refractivity contribution < 1.29 is 14.2 Å². The predicted octanol–water partition coefficient (Wildman–Crippen LogP) is 4.54. The highest BCUT2D eigenvalue weighted by molar-refractivity contribution is 4.75. The molecule has 120 valence electrons. The molecule has 0 aliphatic heterocycles. The van der Waals surface area contributed by atoms with Gasteiger partial charge in [0.25, 0.3) is 0 Å². The molecular formula is C17H34O3. The van der Waals surface area contributed by atoms with E-state index in [0.29, 0.717) is 6.10 Å². The van der Waals surface area contributed by atoms with E-state index in [9.17, 15) is 0 Å². The van der Waals surface area contributed by atoms with Gasteiger partial charge in [-0.1, -0.05) is 19.3 Å². The molecule has 1 aliphatic carbocycles. The summed E-state index contributed by atoms with van der Waals surface area (Å²) in [5.41, 5.74) is 0. The van der Waals surface area contributed by atoms with Crippen molar-refractivity contribution in [1.82, 2.24) is 0 Å². The Balaban J connectivity index is 2.41. The molecule has 0 amide bonds. The molecule has 0 saturated heterocycles. The van der Waals surface area contributed by atoms with Gasteiger partial charge >= 0.3 is 0 Å². The lowest BCUT2D eigenvalue weighted by atomic mass is 9.83. The van der Waals surface area contributed by atoms with Gasteiger partial charge in [-0.25, -0.2) is 0 Å². The lowest BCUT2D eigenvalue weighted by molar-refractivity contribution is -0.187. The smallest absolute Gasteiger partial charge is 0.158 e. The van der Waals surface area contributed by atoms with Gasteiger partial charge in [0.05, 0.1) is 18.3 Å². The SMILES string of the molecule is COC(CCC(OC(C)C)OC(C)C)C1CCCCC1. The summed E-state index contributed by atoms with van der Waals surface area (Å²) in [4.78, 5) is 0. The first-order chi connectivity index (χ1) is 9.52. The van der Waals surface area contributed by atoms with Crippen LogP contribution in [0.5, 0.6) is 0 Å².